The Morgan fingerprint density at radius 3 is 1.83 bits per heavy atom. The molecule has 1 heterocycles. The molecule has 52 heavy (non-hydrogen) atoms. The molecule has 3 atom stereocenters. The van der Waals surface area contributed by atoms with Crippen LogP contribution >= 0.6 is 0 Å². The highest BCUT2D eigenvalue weighted by Crippen LogP contribution is 2.53. The quantitative estimate of drug-likeness (QED) is 0.175. The third-order valence-electron chi connectivity index (χ3n) is 12.4. The summed E-state index contributed by atoms with van der Waals surface area (Å²) in [7, 11) is 0. The van der Waals surface area contributed by atoms with E-state index in [2.05, 4.69) is 150 Å². The van der Waals surface area contributed by atoms with E-state index in [1.165, 1.54) is 70.2 Å². The van der Waals surface area contributed by atoms with Gasteiger partial charge in [0.1, 0.15) is 11.2 Å². The predicted octanol–water partition coefficient (Wildman–Crippen LogP) is 13.9. The summed E-state index contributed by atoms with van der Waals surface area (Å²) in [6.07, 6.45) is 6.69. The van der Waals surface area contributed by atoms with E-state index < -0.39 is 0 Å². The SMILES string of the molecule is c1ccc2c(c1)Cc1cc(N(c3ccc(-c4ccc(-c5ccc(C6CC7CCC6C7)cc5)cc4)cc3)c3ccc4oc5ccccc5c4c3)ccc1-2. The molecule has 0 saturated heterocycles. The van der Waals surface area contributed by atoms with Gasteiger partial charge in [0, 0.05) is 27.8 Å². The van der Waals surface area contributed by atoms with Gasteiger partial charge in [-0.05, 0) is 142 Å². The lowest BCUT2D eigenvalue weighted by atomic mass is 9.83. The van der Waals surface area contributed by atoms with Crippen molar-refractivity contribution >= 4 is 39.0 Å². The smallest absolute Gasteiger partial charge is 0.135 e. The van der Waals surface area contributed by atoms with Crippen LogP contribution in [0.4, 0.5) is 17.1 Å². The van der Waals surface area contributed by atoms with Gasteiger partial charge in [0.05, 0.1) is 0 Å². The monoisotopic (exact) mass is 669 g/mol. The highest BCUT2D eigenvalue weighted by Gasteiger charge is 2.40. The van der Waals surface area contributed by atoms with E-state index in [9.17, 15) is 0 Å². The maximum Gasteiger partial charge on any atom is 0.135 e. The van der Waals surface area contributed by atoms with Crippen LogP contribution in [0, 0.1) is 11.8 Å². The molecular weight excluding hydrogens is 631 g/mol. The zero-order chi connectivity index (χ0) is 34.2. The lowest BCUT2D eigenvalue weighted by Crippen LogP contribution is -2.10. The fourth-order valence-corrected chi connectivity index (χ4v) is 9.80. The van der Waals surface area contributed by atoms with E-state index in [-0.39, 0.29) is 0 Å². The number of anilines is 3. The van der Waals surface area contributed by atoms with Gasteiger partial charge in [-0.2, -0.15) is 0 Å². The van der Waals surface area contributed by atoms with Crippen molar-refractivity contribution in [1.29, 1.82) is 0 Å². The number of rotatable bonds is 6. The number of para-hydroxylation sites is 1. The summed E-state index contributed by atoms with van der Waals surface area (Å²) in [6.45, 7) is 0. The second kappa shape index (κ2) is 11.9. The summed E-state index contributed by atoms with van der Waals surface area (Å²) in [5.41, 5.74) is 17.2. The van der Waals surface area contributed by atoms with E-state index >= 15 is 0 Å². The van der Waals surface area contributed by atoms with Gasteiger partial charge in [0.15, 0.2) is 0 Å². The van der Waals surface area contributed by atoms with Crippen LogP contribution in [-0.2, 0) is 6.42 Å². The Kier molecular flexibility index (Phi) is 6.80. The summed E-state index contributed by atoms with van der Waals surface area (Å²) in [5, 5.41) is 2.27. The lowest BCUT2D eigenvalue weighted by molar-refractivity contribution is 0.420. The lowest BCUT2D eigenvalue weighted by Gasteiger charge is -2.26. The Hall–Kier alpha value is -5.86. The van der Waals surface area contributed by atoms with E-state index in [4.69, 9.17) is 4.42 Å². The minimum Gasteiger partial charge on any atom is -0.456 e. The van der Waals surface area contributed by atoms with Crippen molar-refractivity contribution in [3.8, 4) is 33.4 Å². The Bertz CT molecular complexity index is 2610. The topological polar surface area (TPSA) is 16.4 Å². The maximum absolute atomic E-state index is 6.21. The standard InChI is InChI=1S/C50H39NO/c1-2-6-44-38(5-1)29-40-30-42(23-25-45(40)44)51(43-24-26-50-48(31-43)46-7-3-4-8-49(46)52-50)41-21-19-36(20-22-41)34-13-11-33(12-14-34)35-15-17-37(18-16-35)47-28-32-9-10-39(47)27-32/h1-8,11-26,30-32,39,47H,9-10,27-29H2. The Morgan fingerprint density at radius 2 is 1.08 bits per heavy atom. The zero-order valence-electron chi connectivity index (χ0n) is 29.1. The van der Waals surface area contributed by atoms with E-state index in [0.29, 0.717) is 0 Å². The number of hydrogen-bond donors (Lipinski definition) is 0. The minimum atomic E-state index is 0.780. The Balaban J connectivity index is 0.918. The molecule has 0 aliphatic heterocycles. The molecule has 11 rings (SSSR count). The third-order valence-corrected chi connectivity index (χ3v) is 12.4. The second-order valence-corrected chi connectivity index (χ2v) is 15.3. The summed E-state index contributed by atoms with van der Waals surface area (Å²) >= 11 is 0. The normalized spacial score (nSPS) is 18.6. The van der Waals surface area contributed by atoms with Gasteiger partial charge in [0.2, 0.25) is 0 Å². The van der Waals surface area contributed by atoms with Gasteiger partial charge in [-0.1, -0.05) is 116 Å². The zero-order valence-corrected chi connectivity index (χ0v) is 29.1. The molecule has 2 fully saturated rings. The largest absolute Gasteiger partial charge is 0.456 e. The maximum atomic E-state index is 6.21. The molecule has 2 heteroatoms. The van der Waals surface area contributed by atoms with Crippen LogP contribution in [0.15, 0.2) is 162 Å². The van der Waals surface area contributed by atoms with Crippen molar-refractivity contribution in [3.63, 3.8) is 0 Å². The first-order valence-electron chi connectivity index (χ1n) is 19.0. The van der Waals surface area contributed by atoms with Gasteiger partial charge in [-0.3, -0.25) is 0 Å². The van der Waals surface area contributed by atoms with Crippen LogP contribution in [0.3, 0.4) is 0 Å². The summed E-state index contributed by atoms with van der Waals surface area (Å²) in [5.74, 6) is 2.67. The number of benzene rings is 7. The van der Waals surface area contributed by atoms with Crippen molar-refractivity contribution in [1.82, 2.24) is 0 Å². The molecule has 0 spiro atoms. The molecule has 0 amide bonds. The van der Waals surface area contributed by atoms with Crippen molar-refractivity contribution in [2.24, 2.45) is 11.8 Å². The molecule has 250 valence electrons. The van der Waals surface area contributed by atoms with Crippen LogP contribution in [0.1, 0.15) is 48.3 Å². The van der Waals surface area contributed by atoms with Gasteiger partial charge in [-0.15, -0.1) is 0 Å². The van der Waals surface area contributed by atoms with Gasteiger partial charge < -0.3 is 9.32 Å². The minimum absolute atomic E-state index is 0.780. The molecule has 0 N–H and O–H groups in total. The Morgan fingerprint density at radius 1 is 0.462 bits per heavy atom. The predicted molar refractivity (Wildman–Crippen MR) is 216 cm³/mol. The van der Waals surface area contributed by atoms with Crippen LogP contribution in [0.5, 0.6) is 0 Å². The van der Waals surface area contributed by atoms with Crippen LogP contribution in [-0.4, -0.2) is 0 Å². The van der Waals surface area contributed by atoms with Crippen molar-refractivity contribution in [2.45, 2.75) is 38.0 Å². The molecule has 7 aromatic carbocycles. The van der Waals surface area contributed by atoms with Gasteiger partial charge in [-0.25, -0.2) is 0 Å². The summed E-state index contributed by atoms with van der Waals surface area (Å²) in [4.78, 5) is 2.39. The van der Waals surface area contributed by atoms with Gasteiger partial charge in [0.25, 0.3) is 0 Å². The highest BCUT2D eigenvalue weighted by molar-refractivity contribution is 6.06. The van der Waals surface area contributed by atoms with Crippen molar-refractivity contribution in [2.75, 3.05) is 4.90 Å². The average molecular weight is 670 g/mol. The molecule has 3 aliphatic carbocycles. The Labute approximate surface area is 305 Å². The summed E-state index contributed by atoms with van der Waals surface area (Å²) in [6, 6.07) is 58.2. The molecule has 3 unspecified atom stereocenters. The molecule has 2 bridgehead atoms. The molecule has 2 saturated carbocycles. The van der Waals surface area contributed by atoms with Crippen molar-refractivity contribution < 1.29 is 4.42 Å². The molecule has 1 aromatic heterocycles. The fraction of sp³-hybridized carbons (Fsp3) is 0.160. The van der Waals surface area contributed by atoms with E-state index in [0.717, 1.165) is 63.2 Å². The first kappa shape index (κ1) is 29.8. The van der Waals surface area contributed by atoms with E-state index in [1.807, 2.05) is 12.1 Å². The highest BCUT2D eigenvalue weighted by atomic mass is 16.3. The number of nitrogens with zero attached hydrogens (tertiary/aromatic N) is 1. The van der Waals surface area contributed by atoms with Crippen LogP contribution < -0.4 is 4.90 Å². The summed E-state index contributed by atoms with van der Waals surface area (Å²) < 4.78 is 6.21. The third kappa shape index (κ3) is 4.93. The molecule has 0 radical (unpaired) electrons. The number of fused-ring (bicyclic) bond motifs is 8. The molecule has 3 aliphatic rings. The first-order valence-corrected chi connectivity index (χ1v) is 19.0. The van der Waals surface area contributed by atoms with Crippen LogP contribution in [0.25, 0.3) is 55.3 Å². The number of hydrogen-bond acceptors (Lipinski definition) is 2. The first-order chi connectivity index (χ1) is 25.7. The number of furan rings is 1. The van der Waals surface area contributed by atoms with E-state index in [1.54, 1.807) is 5.56 Å². The molecular formula is C50H39NO. The molecule has 8 aromatic rings. The second-order valence-electron chi connectivity index (χ2n) is 15.3. The van der Waals surface area contributed by atoms with Crippen molar-refractivity contribution in [3.05, 3.63) is 174 Å². The molecule has 2 nitrogen and oxygen atoms in total. The fourth-order valence-electron chi connectivity index (χ4n) is 9.80. The van der Waals surface area contributed by atoms with Crippen LogP contribution in [0.2, 0.25) is 0 Å². The van der Waals surface area contributed by atoms with Gasteiger partial charge >= 0.3 is 0 Å². The average Bonchev–Trinajstić information content (AvgIpc) is 4.01.